The fourth-order valence-electron chi connectivity index (χ4n) is 2.63. The number of aromatic nitrogens is 2. The average molecular weight is 278 g/mol. The largest absolute Gasteiger partial charge is 0.416 e. The third kappa shape index (κ3) is 2.40. The van der Waals surface area contributed by atoms with Crippen LogP contribution in [0.15, 0.2) is 42.7 Å². The number of alkyl halides is 3. The van der Waals surface area contributed by atoms with Crippen molar-refractivity contribution in [2.45, 2.75) is 30.9 Å². The molecule has 1 saturated carbocycles. The Morgan fingerprint density at radius 1 is 0.900 bits per heavy atom. The molecule has 3 rings (SSSR count). The molecular weight excluding hydrogens is 265 g/mol. The van der Waals surface area contributed by atoms with Crippen molar-refractivity contribution < 1.29 is 13.2 Å². The van der Waals surface area contributed by atoms with Gasteiger partial charge in [-0.25, -0.2) is 0 Å². The Bertz CT molecular complexity index is 596. The average Bonchev–Trinajstić information content (AvgIpc) is 2.38. The Morgan fingerprint density at radius 2 is 1.60 bits per heavy atom. The number of pyridine rings is 2. The zero-order valence-corrected chi connectivity index (χ0v) is 10.6. The quantitative estimate of drug-likeness (QED) is 0.824. The number of nitrogens with zero attached hydrogens (tertiary/aromatic N) is 2. The van der Waals surface area contributed by atoms with Crippen LogP contribution in [-0.2, 0) is 6.18 Å². The second-order valence-electron chi connectivity index (χ2n) is 5.01. The fourth-order valence-corrected chi connectivity index (χ4v) is 2.63. The number of rotatable bonds is 2. The maximum atomic E-state index is 12.7. The lowest BCUT2D eigenvalue weighted by molar-refractivity contribution is -0.137. The Morgan fingerprint density at radius 3 is 2.20 bits per heavy atom. The van der Waals surface area contributed by atoms with Gasteiger partial charge in [0, 0.05) is 35.6 Å². The minimum absolute atomic E-state index is 0.0344. The molecule has 0 bridgehead atoms. The van der Waals surface area contributed by atoms with Crippen LogP contribution >= 0.6 is 0 Å². The summed E-state index contributed by atoms with van der Waals surface area (Å²) in [5.74, 6) is 0.208. The van der Waals surface area contributed by atoms with Gasteiger partial charge in [0.15, 0.2) is 0 Å². The van der Waals surface area contributed by atoms with Crippen molar-refractivity contribution in [2.24, 2.45) is 0 Å². The summed E-state index contributed by atoms with van der Waals surface area (Å²) in [6.07, 6.45) is 0.438. The highest BCUT2D eigenvalue weighted by molar-refractivity contribution is 5.28. The van der Waals surface area contributed by atoms with Crippen molar-refractivity contribution in [2.75, 3.05) is 0 Å². The van der Waals surface area contributed by atoms with Crippen molar-refractivity contribution >= 4 is 0 Å². The number of hydrogen-bond acceptors (Lipinski definition) is 2. The zero-order chi connectivity index (χ0) is 14.2. The highest BCUT2D eigenvalue weighted by Crippen LogP contribution is 2.48. The molecule has 2 atom stereocenters. The van der Waals surface area contributed by atoms with Crippen molar-refractivity contribution in [3.8, 4) is 0 Å². The van der Waals surface area contributed by atoms with Gasteiger partial charge in [-0.05, 0) is 37.1 Å². The predicted molar refractivity (Wildman–Crippen MR) is 68.2 cm³/mol. The van der Waals surface area contributed by atoms with Crippen LogP contribution in [0.4, 0.5) is 13.2 Å². The Labute approximate surface area is 114 Å². The minimum atomic E-state index is -4.32. The van der Waals surface area contributed by atoms with E-state index in [1.165, 1.54) is 12.3 Å². The molecule has 1 aliphatic rings. The van der Waals surface area contributed by atoms with Gasteiger partial charge in [0.1, 0.15) is 0 Å². The van der Waals surface area contributed by atoms with Crippen molar-refractivity contribution in [1.29, 1.82) is 0 Å². The Balaban J connectivity index is 1.87. The first-order valence-electron chi connectivity index (χ1n) is 6.50. The van der Waals surface area contributed by atoms with Crippen molar-refractivity contribution in [3.63, 3.8) is 0 Å². The van der Waals surface area contributed by atoms with E-state index in [1.54, 1.807) is 6.20 Å². The van der Waals surface area contributed by atoms with E-state index in [2.05, 4.69) is 9.97 Å². The van der Waals surface area contributed by atoms with Gasteiger partial charge < -0.3 is 0 Å². The second kappa shape index (κ2) is 4.89. The van der Waals surface area contributed by atoms with Gasteiger partial charge in [-0.1, -0.05) is 6.07 Å². The van der Waals surface area contributed by atoms with Gasteiger partial charge in [-0.2, -0.15) is 13.2 Å². The van der Waals surface area contributed by atoms with Crippen molar-refractivity contribution in [3.05, 3.63) is 59.7 Å². The summed E-state index contributed by atoms with van der Waals surface area (Å²) in [7, 11) is 0. The smallest absolute Gasteiger partial charge is 0.261 e. The Kier molecular flexibility index (Phi) is 3.20. The van der Waals surface area contributed by atoms with E-state index in [0.29, 0.717) is 5.69 Å². The molecule has 0 amide bonds. The minimum Gasteiger partial charge on any atom is -0.261 e. The zero-order valence-electron chi connectivity index (χ0n) is 10.6. The third-order valence-corrected chi connectivity index (χ3v) is 3.83. The molecule has 20 heavy (non-hydrogen) atoms. The molecule has 1 fully saturated rings. The van der Waals surface area contributed by atoms with E-state index < -0.39 is 11.7 Å². The van der Waals surface area contributed by atoms with Gasteiger partial charge in [-0.15, -0.1) is 0 Å². The molecule has 2 aromatic heterocycles. The molecular formula is C15H13F3N2. The molecule has 2 nitrogen and oxygen atoms in total. The highest BCUT2D eigenvalue weighted by Gasteiger charge is 2.37. The first-order valence-corrected chi connectivity index (χ1v) is 6.50. The summed E-state index contributed by atoms with van der Waals surface area (Å²) in [5, 5.41) is 0. The van der Waals surface area contributed by atoms with E-state index in [4.69, 9.17) is 0 Å². The summed E-state index contributed by atoms with van der Waals surface area (Å²) < 4.78 is 38.2. The first kappa shape index (κ1) is 13.1. The molecule has 2 heterocycles. The normalized spacial score (nSPS) is 22.4. The van der Waals surface area contributed by atoms with E-state index in [9.17, 15) is 13.2 Å². The van der Waals surface area contributed by atoms with Crippen LogP contribution in [-0.4, -0.2) is 9.97 Å². The maximum Gasteiger partial charge on any atom is 0.416 e. The van der Waals surface area contributed by atoms with Crippen LogP contribution in [0.25, 0.3) is 0 Å². The predicted octanol–water partition coefficient (Wildman–Crippen LogP) is 4.16. The van der Waals surface area contributed by atoms with Gasteiger partial charge in [0.25, 0.3) is 0 Å². The molecule has 0 spiro atoms. The summed E-state index contributed by atoms with van der Waals surface area (Å²) in [4.78, 5) is 8.42. The van der Waals surface area contributed by atoms with Crippen LogP contribution in [0, 0.1) is 0 Å². The summed E-state index contributed by atoms with van der Waals surface area (Å²) in [5.41, 5.74) is 0.818. The topological polar surface area (TPSA) is 25.8 Å². The molecule has 1 unspecified atom stereocenters. The SMILES string of the molecule is FC(F)(F)c1ccnc(C2CC[C@@H]2c2ccccn2)c1. The lowest BCUT2D eigenvalue weighted by Gasteiger charge is -2.36. The van der Waals surface area contributed by atoms with Crippen LogP contribution in [0.5, 0.6) is 0 Å². The van der Waals surface area contributed by atoms with Crippen LogP contribution in [0.1, 0.15) is 41.6 Å². The number of hydrogen-bond donors (Lipinski definition) is 0. The molecule has 0 saturated heterocycles. The molecule has 5 heteroatoms. The highest BCUT2D eigenvalue weighted by atomic mass is 19.4. The molecule has 1 aliphatic carbocycles. The maximum absolute atomic E-state index is 12.7. The van der Waals surface area contributed by atoms with E-state index in [0.717, 1.165) is 24.6 Å². The second-order valence-corrected chi connectivity index (χ2v) is 5.01. The summed E-state index contributed by atoms with van der Waals surface area (Å²) >= 11 is 0. The molecule has 0 N–H and O–H groups in total. The van der Waals surface area contributed by atoms with Gasteiger partial charge in [0.05, 0.1) is 5.56 Å². The van der Waals surface area contributed by atoms with Gasteiger partial charge >= 0.3 is 6.18 Å². The van der Waals surface area contributed by atoms with Crippen LogP contribution in [0.3, 0.4) is 0 Å². The monoisotopic (exact) mass is 278 g/mol. The van der Waals surface area contributed by atoms with Crippen LogP contribution < -0.4 is 0 Å². The standard InChI is InChI=1S/C15H13F3N2/c16-15(17,18)10-6-8-20-14(9-10)12-5-4-11(12)13-3-1-2-7-19-13/h1-3,6-9,11-12H,4-5H2/t11-,12?/m0/s1. The summed E-state index contributed by atoms with van der Waals surface area (Å²) in [6.45, 7) is 0. The molecule has 2 aromatic rings. The van der Waals surface area contributed by atoms with Crippen molar-refractivity contribution in [1.82, 2.24) is 9.97 Å². The Hall–Kier alpha value is -1.91. The first-order chi connectivity index (χ1) is 9.55. The molecule has 0 radical (unpaired) electrons. The summed E-state index contributed by atoms with van der Waals surface area (Å²) in [6, 6.07) is 7.83. The molecule has 0 aromatic carbocycles. The molecule has 0 aliphatic heterocycles. The van der Waals surface area contributed by atoms with E-state index in [1.807, 2.05) is 18.2 Å². The lowest BCUT2D eigenvalue weighted by Crippen LogP contribution is -2.24. The van der Waals surface area contributed by atoms with E-state index >= 15 is 0 Å². The molecule has 104 valence electrons. The van der Waals surface area contributed by atoms with Gasteiger partial charge in [-0.3, -0.25) is 9.97 Å². The van der Waals surface area contributed by atoms with Crippen LogP contribution in [0.2, 0.25) is 0 Å². The number of halogens is 3. The fraction of sp³-hybridized carbons (Fsp3) is 0.333. The third-order valence-electron chi connectivity index (χ3n) is 3.83. The van der Waals surface area contributed by atoms with Gasteiger partial charge in [0.2, 0.25) is 0 Å². The lowest BCUT2D eigenvalue weighted by atomic mass is 9.70. The van der Waals surface area contributed by atoms with E-state index in [-0.39, 0.29) is 11.8 Å².